The molecular formula is C17H19FN2Si. The Morgan fingerprint density at radius 3 is 2.33 bits per heavy atom. The van der Waals surface area contributed by atoms with E-state index in [1.165, 1.54) is 17.3 Å². The summed E-state index contributed by atoms with van der Waals surface area (Å²) in [5, 5.41) is 13.6. The van der Waals surface area contributed by atoms with Crippen LogP contribution in [0, 0.1) is 17.1 Å². The van der Waals surface area contributed by atoms with Crippen molar-refractivity contribution >= 4 is 18.9 Å². The van der Waals surface area contributed by atoms with Gasteiger partial charge in [0.05, 0.1) is 19.3 Å². The number of nitrogens with one attached hydrogen (secondary N) is 1. The second kappa shape index (κ2) is 6.11. The van der Waals surface area contributed by atoms with Crippen LogP contribution in [-0.2, 0) is 6.54 Å². The van der Waals surface area contributed by atoms with E-state index in [0.717, 1.165) is 5.56 Å². The molecule has 0 saturated heterocycles. The molecule has 2 rings (SSSR count). The molecule has 4 heteroatoms. The Bertz CT molecular complexity index is 667. The smallest absolute Gasteiger partial charge is 0.124 e. The van der Waals surface area contributed by atoms with Crippen LogP contribution in [0.2, 0.25) is 19.6 Å². The first-order valence-corrected chi connectivity index (χ1v) is 10.4. The summed E-state index contributed by atoms with van der Waals surface area (Å²) in [4.78, 5) is 0. The molecule has 0 aliphatic heterocycles. The number of nitriles is 1. The minimum atomic E-state index is -1.27. The van der Waals surface area contributed by atoms with Crippen molar-refractivity contribution in [3.63, 3.8) is 0 Å². The molecule has 0 atom stereocenters. The Hall–Kier alpha value is -2.12. The SMILES string of the molecule is C[Si](C)(C)c1ccc(CNc2ccc(F)cc2C#N)cc1. The summed E-state index contributed by atoms with van der Waals surface area (Å²) in [6.45, 7) is 7.57. The molecule has 0 radical (unpaired) electrons. The van der Waals surface area contributed by atoms with Gasteiger partial charge in [-0.25, -0.2) is 4.39 Å². The Morgan fingerprint density at radius 1 is 1.10 bits per heavy atom. The summed E-state index contributed by atoms with van der Waals surface area (Å²) >= 11 is 0. The maximum absolute atomic E-state index is 13.1. The fraction of sp³-hybridized carbons (Fsp3) is 0.235. The van der Waals surface area contributed by atoms with Gasteiger partial charge >= 0.3 is 0 Å². The van der Waals surface area contributed by atoms with E-state index >= 15 is 0 Å². The highest BCUT2D eigenvalue weighted by molar-refractivity contribution is 6.88. The van der Waals surface area contributed by atoms with E-state index in [-0.39, 0.29) is 0 Å². The number of benzene rings is 2. The normalized spacial score (nSPS) is 11.0. The van der Waals surface area contributed by atoms with Gasteiger partial charge in [-0.15, -0.1) is 0 Å². The quantitative estimate of drug-likeness (QED) is 0.870. The van der Waals surface area contributed by atoms with Gasteiger partial charge in [0.15, 0.2) is 0 Å². The highest BCUT2D eigenvalue weighted by atomic mass is 28.3. The van der Waals surface area contributed by atoms with Crippen LogP contribution in [0.25, 0.3) is 0 Å². The number of anilines is 1. The topological polar surface area (TPSA) is 35.8 Å². The Kier molecular flexibility index (Phi) is 4.44. The van der Waals surface area contributed by atoms with Crippen LogP contribution in [-0.4, -0.2) is 8.07 Å². The van der Waals surface area contributed by atoms with Crippen molar-refractivity contribution in [2.24, 2.45) is 0 Å². The third-order valence-corrected chi connectivity index (χ3v) is 5.47. The Labute approximate surface area is 126 Å². The van der Waals surface area contributed by atoms with E-state index in [1.807, 2.05) is 6.07 Å². The van der Waals surface area contributed by atoms with Gasteiger partial charge in [-0.3, -0.25) is 0 Å². The monoisotopic (exact) mass is 298 g/mol. The molecule has 2 aromatic carbocycles. The molecule has 0 heterocycles. The van der Waals surface area contributed by atoms with E-state index in [4.69, 9.17) is 5.26 Å². The molecule has 0 fully saturated rings. The molecular weight excluding hydrogens is 279 g/mol. The predicted octanol–water partition coefficient (Wildman–Crippen LogP) is 3.85. The van der Waals surface area contributed by atoms with Crippen molar-refractivity contribution in [1.29, 1.82) is 5.26 Å². The first-order chi connectivity index (χ1) is 9.90. The lowest BCUT2D eigenvalue weighted by atomic mass is 10.1. The third kappa shape index (κ3) is 3.93. The minimum absolute atomic E-state index is 0.328. The summed E-state index contributed by atoms with van der Waals surface area (Å²) in [6, 6.07) is 14.8. The molecule has 2 nitrogen and oxygen atoms in total. The lowest BCUT2D eigenvalue weighted by Crippen LogP contribution is -2.37. The van der Waals surface area contributed by atoms with Crippen molar-refractivity contribution < 1.29 is 4.39 Å². The first kappa shape index (κ1) is 15.3. The van der Waals surface area contributed by atoms with Gasteiger partial charge < -0.3 is 5.32 Å². The van der Waals surface area contributed by atoms with Crippen molar-refractivity contribution in [2.75, 3.05) is 5.32 Å². The zero-order valence-corrected chi connectivity index (χ0v) is 13.6. The molecule has 108 valence electrons. The number of halogens is 1. The average molecular weight is 298 g/mol. The number of hydrogen-bond donors (Lipinski definition) is 1. The number of hydrogen-bond acceptors (Lipinski definition) is 2. The Balaban J connectivity index is 2.09. The number of rotatable bonds is 4. The van der Waals surface area contributed by atoms with Gasteiger partial charge in [0.25, 0.3) is 0 Å². The van der Waals surface area contributed by atoms with Gasteiger partial charge in [-0.05, 0) is 23.8 Å². The third-order valence-electron chi connectivity index (χ3n) is 3.40. The van der Waals surface area contributed by atoms with Crippen LogP contribution >= 0.6 is 0 Å². The average Bonchev–Trinajstić information content (AvgIpc) is 2.45. The maximum Gasteiger partial charge on any atom is 0.124 e. The van der Waals surface area contributed by atoms with Gasteiger partial charge in [0.1, 0.15) is 11.9 Å². The second-order valence-corrected chi connectivity index (χ2v) is 11.2. The molecule has 0 spiro atoms. The van der Waals surface area contributed by atoms with Crippen molar-refractivity contribution in [2.45, 2.75) is 26.2 Å². The van der Waals surface area contributed by atoms with E-state index in [1.54, 1.807) is 6.07 Å². The first-order valence-electron chi connectivity index (χ1n) is 6.93. The maximum atomic E-state index is 13.1. The molecule has 0 amide bonds. The van der Waals surface area contributed by atoms with Crippen LogP contribution in [0.1, 0.15) is 11.1 Å². The predicted molar refractivity (Wildman–Crippen MR) is 87.9 cm³/mol. The summed E-state index contributed by atoms with van der Waals surface area (Å²) in [5.41, 5.74) is 2.13. The molecule has 0 aliphatic rings. The van der Waals surface area contributed by atoms with Gasteiger partial charge in [0.2, 0.25) is 0 Å². The second-order valence-electron chi connectivity index (χ2n) is 6.10. The molecule has 0 saturated carbocycles. The highest BCUT2D eigenvalue weighted by Gasteiger charge is 2.15. The molecule has 0 aromatic heterocycles. The zero-order valence-electron chi connectivity index (χ0n) is 12.6. The van der Waals surface area contributed by atoms with Crippen LogP contribution in [0.3, 0.4) is 0 Å². The van der Waals surface area contributed by atoms with Gasteiger partial charge in [-0.2, -0.15) is 5.26 Å². The largest absolute Gasteiger partial charge is 0.380 e. The molecule has 0 unspecified atom stereocenters. The molecule has 2 aromatic rings. The van der Waals surface area contributed by atoms with Crippen LogP contribution < -0.4 is 10.5 Å². The molecule has 0 bridgehead atoms. The van der Waals surface area contributed by atoms with Gasteiger partial charge in [0, 0.05) is 6.54 Å². The van der Waals surface area contributed by atoms with Crippen molar-refractivity contribution in [3.05, 3.63) is 59.4 Å². The van der Waals surface area contributed by atoms with Crippen molar-refractivity contribution in [3.8, 4) is 6.07 Å². The highest BCUT2D eigenvalue weighted by Crippen LogP contribution is 2.17. The number of nitrogens with zero attached hydrogens (tertiary/aromatic N) is 1. The van der Waals surface area contributed by atoms with E-state index < -0.39 is 13.9 Å². The summed E-state index contributed by atoms with van der Waals surface area (Å²) in [5.74, 6) is -0.392. The summed E-state index contributed by atoms with van der Waals surface area (Å²) in [7, 11) is -1.27. The lowest BCUT2D eigenvalue weighted by molar-refractivity contribution is 0.627. The van der Waals surface area contributed by atoms with E-state index in [0.29, 0.717) is 17.8 Å². The minimum Gasteiger partial charge on any atom is -0.380 e. The Morgan fingerprint density at radius 2 is 1.76 bits per heavy atom. The van der Waals surface area contributed by atoms with E-state index in [9.17, 15) is 4.39 Å². The van der Waals surface area contributed by atoms with E-state index in [2.05, 4.69) is 49.2 Å². The van der Waals surface area contributed by atoms with Crippen molar-refractivity contribution in [1.82, 2.24) is 0 Å². The van der Waals surface area contributed by atoms with Crippen LogP contribution in [0.15, 0.2) is 42.5 Å². The molecule has 1 N–H and O–H groups in total. The summed E-state index contributed by atoms with van der Waals surface area (Å²) < 4.78 is 13.1. The fourth-order valence-corrected chi connectivity index (χ4v) is 3.25. The molecule has 0 aliphatic carbocycles. The zero-order chi connectivity index (χ0) is 15.5. The fourth-order valence-electron chi connectivity index (χ4n) is 2.08. The standard InChI is InChI=1S/C17H19FN2Si/c1-21(2,3)16-7-4-13(5-8-16)12-20-17-9-6-15(18)10-14(17)11-19/h4-10,20H,12H2,1-3H3. The van der Waals surface area contributed by atoms with Crippen LogP contribution in [0.5, 0.6) is 0 Å². The lowest BCUT2D eigenvalue weighted by Gasteiger charge is -2.17. The summed E-state index contributed by atoms with van der Waals surface area (Å²) in [6.07, 6.45) is 0. The van der Waals surface area contributed by atoms with Gasteiger partial charge in [-0.1, -0.05) is 49.1 Å². The molecule has 21 heavy (non-hydrogen) atoms. The van der Waals surface area contributed by atoms with Crippen LogP contribution in [0.4, 0.5) is 10.1 Å².